The molecule has 0 bridgehead atoms. The summed E-state index contributed by atoms with van der Waals surface area (Å²) in [7, 11) is 0. The molecule has 0 nitrogen and oxygen atoms in total. The molecule has 0 N–H and O–H groups in total. The second-order valence-electron chi connectivity index (χ2n) is 14.5. The molecule has 8 aromatic carbocycles. The average molecular weight is 587 g/mol. The Balaban J connectivity index is 1.20. The van der Waals surface area contributed by atoms with Gasteiger partial charge in [0, 0.05) is 10.8 Å². The Morgan fingerprint density at radius 2 is 0.848 bits per heavy atom. The lowest BCUT2D eigenvalue weighted by molar-refractivity contribution is 0.651. The minimum Gasteiger partial charge on any atom is -0.0622 e. The van der Waals surface area contributed by atoms with Gasteiger partial charge < -0.3 is 0 Å². The fourth-order valence-electron chi connectivity index (χ4n) is 9.11. The van der Waals surface area contributed by atoms with Gasteiger partial charge in [-0.05, 0) is 105 Å². The van der Waals surface area contributed by atoms with Crippen LogP contribution >= 0.6 is 0 Å². The Labute approximate surface area is 270 Å². The molecule has 8 aromatic rings. The SMILES string of the molecule is CC1(C)c2ccccc2-c2c1ccc1c2-c2ccc(-c3ccc4ccc5c(-c6ccccc6)ccc6ccc3c4c65)cc2C1(C)C. The van der Waals surface area contributed by atoms with Crippen LogP contribution in [-0.4, -0.2) is 0 Å². The van der Waals surface area contributed by atoms with E-state index in [4.69, 9.17) is 0 Å². The molecule has 0 heterocycles. The molecule has 0 radical (unpaired) electrons. The molecule has 2 aliphatic rings. The van der Waals surface area contributed by atoms with Gasteiger partial charge in [0.15, 0.2) is 0 Å². The van der Waals surface area contributed by atoms with E-state index in [0.717, 1.165) is 0 Å². The number of fused-ring (bicyclic) bond motifs is 7. The van der Waals surface area contributed by atoms with Crippen molar-refractivity contribution < 1.29 is 0 Å². The van der Waals surface area contributed by atoms with Crippen molar-refractivity contribution in [2.24, 2.45) is 0 Å². The first-order valence-corrected chi connectivity index (χ1v) is 16.5. The average Bonchev–Trinajstić information content (AvgIpc) is 3.46. The van der Waals surface area contributed by atoms with Crippen molar-refractivity contribution in [2.45, 2.75) is 38.5 Å². The van der Waals surface area contributed by atoms with Gasteiger partial charge in [0.2, 0.25) is 0 Å². The van der Waals surface area contributed by atoms with Gasteiger partial charge >= 0.3 is 0 Å². The van der Waals surface area contributed by atoms with E-state index in [1.165, 1.54) is 99.1 Å². The first-order chi connectivity index (χ1) is 22.3. The third-order valence-corrected chi connectivity index (χ3v) is 11.4. The highest BCUT2D eigenvalue weighted by molar-refractivity contribution is 6.27. The molecule has 0 unspecified atom stereocenters. The van der Waals surface area contributed by atoms with E-state index in [1.54, 1.807) is 0 Å². The highest BCUT2D eigenvalue weighted by Gasteiger charge is 2.43. The van der Waals surface area contributed by atoms with Crippen LogP contribution in [-0.2, 0) is 10.8 Å². The summed E-state index contributed by atoms with van der Waals surface area (Å²) < 4.78 is 0. The number of benzene rings is 8. The Kier molecular flexibility index (Phi) is 4.95. The Morgan fingerprint density at radius 3 is 1.50 bits per heavy atom. The molecular weight excluding hydrogens is 553 g/mol. The molecule has 0 atom stereocenters. The van der Waals surface area contributed by atoms with Crippen LogP contribution in [0.2, 0.25) is 0 Å². The van der Waals surface area contributed by atoms with Crippen molar-refractivity contribution in [2.75, 3.05) is 0 Å². The zero-order valence-electron chi connectivity index (χ0n) is 26.7. The van der Waals surface area contributed by atoms with Crippen molar-refractivity contribution in [1.82, 2.24) is 0 Å². The third-order valence-electron chi connectivity index (χ3n) is 11.4. The Hall–Kier alpha value is -5.20. The largest absolute Gasteiger partial charge is 0.0622 e. The number of hydrogen-bond acceptors (Lipinski definition) is 0. The van der Waals surface area contributed by atoms with Gasteiger partial charge in [0.1, 0.15) is 0 Å². The summed E-state index contributed by atoms with van der Waals surface area (Å²) in [6.45, 7) is 9.58. The molecule has 2 aliphatic carbocycles. The summed E-state index contributed by atoms with van der Waals surface area (Å²) in [5.41, 5.74) is 16.5. The fraction of sp³-hybridized carbons (Fsp3) is 0.130. The van der Waals surface area contributed by atoms with Gasteiger partial charge in [-0.15, -0.1) is 0 Å². The number of hydrogen-bond donors (Lipinski definition) is 0. The first kappa shape index (κ1) is 26.1. The molecule has 46 heavy (non-hydrogen) atoms. The van der Waals surface area contributed by atoms with Crippen molar-refractivity contribution in [3.05, 3.63) is 156 Å². The maximum absolute atomic E-state index is 2.50. The standard InChI is InChI=1S/C46H34/c1-45(2)37-13-9-8-12-35(37)43-38(45)24-25-39-44(43)36-23-18-30(26-40(36)46(39,3)4)32-20-15-29-16-21-33-31(27-10-6-5-7-11-27)19-14-28-17-22-34(32)42(29)41(28)33/h5-26H,1-4H3. The van der Waals surface area contributed by atoms with Gasteiger partial charge in [0.25, 0.3) is 0 Å². The van der Waals surface area contributed by atoms with Crippen molar-refractivity contribution in [3.8, 4) is 44.5 Å². The minimum atomic E-state index is -0.0915. The van der Waals surface area contributed by atoms with E-state index in [-0.39, 0.29) is 10.8 Å². The molecule has 218 valence electrons. The van der Waals surface area contributed by atoms with Crippen LogP contribution in [0.25, 0.3) is 76.8 Å². The van der Waals surface area contributed by atoms with Gasteiger partial charge in [-0.25, -0.2) is 0 Å². The topological polar surface area (TPSA) is 0 Å². The molecule has 0 amide bonds. The van der Waals surface area contributed by atoms with Crippen molar-refractivity contribution in [1.29, 1.82) is 0 Å². The van der Waals surface area contributed by atoms with E-state index >= 15 is 0 Å². The first-order valence-electron chi connectivity index (χ1n) is 16.5. The summed E-state index contributed by atoms with van der Waals surface area (Å²) in [6.07, 6.45) is 0. The quantitative estimate of drug-likeness (QED) is 0.177. The van der Waals surface area contributed by atoms with Crippen LogP contribution < -0.4 is 0 Å². The second kappa shape index (κ2) is 8.74. The van der Waals surface area contributed by atoms with Crippen LogP contribution in [0.4, 0.5) is 0 Å². The van der Waals surface area contributed by atoms with Gasteiger partial charge in [0.05, 0.1) is 0 Å². The monoisotopic (exact) mass is 586 g/mol. The zero-order valence-corrected chi connectivity index (χ0v) is 26.7. The van der Waals surface area contributed by atoms with Crippen molar-refractivity contribution >= 4 is 32.3 Å². The second-order valence-corrected chi connectivity index (χ2v) is 14.5. The van der Waals surface area contributed by atoms with E-state index in [1.807, 2.05) is 0 Å². The fourth-order valence-corrected chi connectivity index (χ4v) is 9.11. The molecule has 0 saturated carbocycles. The van der Waals surface area contributed by atoms with Crippen LogP contribution in [0.3, 0.4) is 0 Å². The summed E-state index contributed by atoms with van der Waals surface area (Å²) in [5, 5.41) is 7.97. The maximum atomic E-state index is 2.50. The molecule has 0 aromatic heterocycles. The van der Waals surface area contributed by atoms with Crippen molar-refractivity contribution in [3.63, 3.8) is 0 Å². The summed E-state index contributed by atoms with van der Waals surface area (Å²) in [5.74, 6) is 0. The Bertz CT molecular complexity index is 2560. The zero-order chi connectivity index (χ0) is 30.9. The number of rotatable bonds is 2. The van der Waals surface area contributed by atoms with Gasteiger partial charge in [-0.2, -0.15) is 0 Å². The van der Waals surface area contributed by atoms with Crippen LogP contribution in [0.5, 0.6) is 0 Å². The van der Waals surface area contributed by atoms with E-state index in [9.17, 15) is 0 Å². The van der Waals surface area contributed by atoms with E-state index < -0.39 is 0 Å². The summed E-state index contributed by atoms with van der Waals surface area (Å²) in [6, 6.07) is 50.5. The van der Waals surface area contributed by atoms with E-state index in [0.29, 0.717) is 0 Å². The minimum absolute atomic E-state index is 0.00408. The van der Waals surface area contributed by atoms with Gasteiger partial charge in [-0.3, -0.25) is 0 Å². The predicted octanol–water partition coefficient (Wildman–Crippen LogP) is 12.5. The van der Waals surface area contributed by atoms with Crippen LogP contribution in [0.1, 0.15) is 49.9 Å². The lowest BCUT2D eigenvalue weighted by Gasteiger charge is -2.24. The molecule has 0 spiro atoms. The third kappa shape index (κ3) is 3.19. The molecule has 0 fully saturated rings. The molecule has 0 heteroatoms. The lowest BCUT2D eigenvalue weighted by Crippen LogP contribution is -2.17. The smallest absolute Gasteiger partial charge is 0.0159 e. The van der Waals surface area contributed by atoms with E-state index in [2.05, 4.69) is 161 Å². The molecule has 10 rings (SSSR count). The molecule has 0 saturated heterocycles. The molecular formula is C46H34. The predicted molar refractivity (Wildman–Crippen MR) is 196 cm³/mol. The normalized spacial score (nSPS) is 15.3. The highest BCUT2D eigenvalue weighted by Crippen LogP contribution is 2.59. The molecule has 0 aliphatic heterocycles. The maximum Gasteiger partial charge on any atom is 0.0159 e. The summed E-state index contributed by atoms with van der Waals surface area (Å²) >= 11 is 0. The highest BCUT2D eigenvalue weighted by atomic mass is 14.5. The van der Waals surface area contributed by atoms with Gasteiger partial charge in [-0.1, -0.05) is 155 Å². The Morgan fingerprint density at radius 1 is 0.348 bits per heavy atom. The summed E-state index contributed by atoms with van der Waals surface area (Å²) in [4.78, 5) is 0. The van der Waals surface area contributed by atoms with Crippen LogP contribution in [0.15, 0.2) is 133 Å². The van der Waals surface area contributed by atoms with Crippen LogP contribution in [0, 0.1) is 0 Å². The lowest BCUT2D eigenvalue weighted by atomic mass is 9.79.